The summed E-state index contributed by atoms with van der Waals surface area (Å²) in [6.07, 6.45) is 2.02. The fourth-order valence-corrected chi connectivity index (χ4v) is 3.26. The summed E-state index contributed by atoms with van der Waals surface area (Å²) in [6, 6.07) is 13.1. The maximum Gasteiger partial charge on any atom is 0.244 e. The zero-order valence-corrected chi connectivity index (χ0v) is 15.8. The molecule has 136 valence electrons. The first-order valence-electron chi connectivity index (χ1n) is 8.11. The van der Waals surface area contributed by atoms with Crippen LogP contribution in [0.5, 0.6) is 11.5 Å². The van der Waals surface area contributed by atoms with Crippen molar-refractivity contribution in [2.45, 2.75) is 12.3 Å². The Kier molecular flexibility index (Phi) is 5.68. The molecule has 0 aliphatic carbocycles. The molecule has 0 fully saturated rings. The Bertz CT molecular complexity index is 924. The molecule has 0 unspecified atom stereocenters. The molecule has 0 saturated carbocycles. The van der Waals surface area contributed by atoms with E-state index in [9.17, 15) is 4.79 Å². The molecule has 3 rings (SSSR count). The van der Waals surface area contributed by atoms with E-state index in [1.54, 1.807) is 44.2 Å². The van der Waals surface area contributed by atoms with Crippen LogP contribution in [-0.4, -0.2) is 35.9 Å². The van der Waals surface area contributed by atoms with E-state index in [0.29, 0.717) is 17.2 Å². The molecule has 0 aliphatic heterocycles. The Labute approximate surface area is 156 Å². The maximum absolute atomic E-state index is 12.7. The van der Waals surface area contributed by atoms with Gasteiger partial charge in [0.2, 0.25) is 5.91 Å². The summed E-state index contributed by atoms with van der Waals surface area (Å²) in [5.74, 6) is 2.70. The van der Waals surface area contributed by atoms with Gasteiger partial charge < -0.3 is 19.4 Å². The third kappa shape index (κ3) is 3.77. The van der Waals surface area contributed by atoms with Crippen molar-refractivity contribution >= 4 is 34.4 Å². The predicted octanol–water partition coefficient (Wildman–Crippen LogP) is 3.56. The quantitative estimate of drug-likeness (QED) is 0.688. The van der Waals surface area contributed by atoms with Crippen LogP contribution in [0.15, 0.2) is 42.5 Å². The molecule has 3 aromatic rings. The van der Waals surface area contributed by atoms with Crippen LogP contribution in [0.1, 0.15) is 5.82 Å². The summed E-state index contributed by atoms with van der Waals surface area (Å²) in [4.78, 5) is 17.3. The SMILES string of the molecule is COc1ccc(OC)c(NC(=O)Cn2c(CSC)nc3ccccc32)c1. The van der Waals surface area contributed by atoms with Crippen LogP contribution in [0, 0.1) is 0 Å². The Morgan fingerprint density at radius 3 is 2.73 bits per heavy atom. The zero-order chi connectivity index (χ0) is 18.5. The average molecular weight is 371 g/mol. The molecular weight excluding hydrogens is 350 g/mol. The van der Waals surface area contributed by atoms with Crippen molar-refractivity contribution in [3.63, 3.8) is 0 Å². The molecule has 0 atom stereocenters. The molecule has 0 radical (unpaired) electrons. The number of carbonyl (C=O) groups excluding carboxylic acids is 1. The molecule has 1 amide bonds. The molecule has 7 heteroatoms. The van der Waals surface area contributed by atoms with Gasteiger partial charge in [-0.2, -0.15) is 11.8 Å². The number of carbonyl (C=O) groups is 1. The Hall–Kier alpha value is -2.67. The fraction of sp³-hybridized carbons (Fsp3) is 0.263. The van der Waals surface area contributed by atoms with E-state index in [1.165, 1.54) is 0 Å². The van der Waals surface area contributed by atoms with Gasteiger partial charge in [0.25, 0.3) is 0 Å². The number of aromatic nitrogens is 2. The number of hydrogen-bond acceptors (Lipinski definition) is 5. The third-order valence-electron chi connectivity index (χ3n) is 3.99. The van der Waals surface area contributed by atoms with E-state index in [-0.39, 0.29) is 12.5 Å². The molecule has 6 nitrogen and oxygen atoms in total. The van der Waals surface area contributed by atoms with E-state index in [4.69, 9.17) is 9.47 Å². The van der Waals surface area contributed by atoms with Crippen molar-refractivity contribution in [1.82, 2.24) is 9.55 Å². The molecule has 2 aromatic carbocycles. The average Bonchev–Trinajstić information content (AvgIpc) is 2.99. The number of para-hydroxylation sites is 2. The van der Waals surface area contributed by atoms with E-state index >= 15 is 0 Å². The molecule has 1 N–H and O–H groups in total. The molecule has 1 aromatic heterocycles. The first-order valence-corrected chi connectivity index (χ1v) is 9.50. The minimum absolute atomic E-state index is 0.151. The van der Waals surface area contributed by atoms with Crippen molar-refractivity contribution in [3.05, 3.63) is 48.3 Å². The van der Waals surface area contributed by atoms with Crippen molar-refractivity contribution in [2.24, 2.45) is 0 Å². The van der Waals surface area contributed by atoms with Gasteiger partial charge in [0.15, 0.2) is 0 Å². The van der Waals surface area contributed by atoms with Crippen LogP contribution in [0.4, 0.5) is 5.69 Å². The number of amides is 1. The van der Waals surface area contributed by atoms with E-state index in [1.807, 2.05) is 35.1 Å². The van der Waals surface area contributed by atoms with Crippen LogP contribution >= 0.6 is 11.8 Å². The lowest BCUT2D eigenvalue weighted by Gasteiger charge is -2.13. The number of fused-ring (bicyclic) bond motifs is 1. The van der Waals surface area contributed by atoms with Crippen molar-refractivity contribution < 1.29 is 14.3 Å². The third-order valence-corrected chi connectivity index (χ3v) is 4.54. The van der Waals surface area contributed by atoms with Crippen LogP contribution in [-0.2, 0) is 17.1 Å². The largest absolute Gasteiger partial charge is 0.497 e. The highest BCUT2D eigenvalue weighted by Crippen LogP contribution is 2.29. The highest BCUT2D eigenvalue weighted by molar-refractivity contribution is 7.97. The van der Waals surface area contributed by atoms with Crippen LogP contribution < -0.4 is 14.8 Å². The lowest BCUT2D eigenvalue weighted by atomic mass is 10.2. The van der Waals surface area contributed by atoms with E-state index < -0.39 is 0 Å². The highest BCUT2D eigenvalue weighted by Gasteiger charge is 2.15. The minimum atomic E-state index is -0.151. The number of methoxy groups -OCH3 is 2. The smallest absolute Gasteiger partial charge is 0.244 e. The predicted molar refractivity (Wildman–Crippen MR) is 105 cm³/mol. The van der Waals surface area contributed by atoms with Crippen LogP contribution in [0.2, 0.25) is 0 Å². The van der Waals surface area contributed by atoms with E-state index in [0.717, 1.165) is 22.6 Å². The van der Waals surface area contributed by atoms with Crippen molar-refractivity contribution in [1.29, 1.82) is 0 Å². The van der Waals surface area contributed by atoms with Gasteiger partial charge in [0.05, 0.1) is 36.7 Å². The fourth-order valence-electron chi connectivity index (χ4n) is 2.79. The lowest BCUT2D eigenvalue weighted by molar-refractivity contribution is -0.116. The number of rotatable bonds is 7. The second-order valence-corrected chi connectivity index (χ2v) is 6.52. The van der Waals surface area contributed by atoms with Gasteiger partial charge in [-0.3, -0.25) is 4.79 Å². The maximum atomic E-state index is 12.7. The second-order valence-electron chi connectivity index (χ2n) is 5.65. The van der Waals surface area contributed by atoms with Gasteiger partial charge >= 0.3 is 0 Å². The molecule has 0 saturated heterocycles. The molecule has 1 heterocycles. The topological polar surface area (TPSA) is 65.4 Å². The number of benzene rings is 2. The summed E-state index contributed by atoms with van der Waals surface area (Å²) < 4.78 is 12.5. The number of anilines is 1. The van der Waals surface area contributed by atoms with Crippen molar-refractivity contribution in [2.75, 3.05) is 25.8 Å². The molecule has 26 heavy (non-hydrogen) atoms. The molecular formula is C19H21N3O3S. The standard InChI is InChI=1S/C19H21N3O3S/c1-24-13-8-9-17(25-2)15(10-13)21-19(23)11-22-16-7-5-4-6-14(16)20-18(22)12-26-3/h4-10H,11-12H2,1-3H3,(H,21,23). The Balaban J connectivity index is 1.87. The number of ether oxygens (including phenoxy) is 2. The van der Waals surface area contributed by atoms with Gasteiger partial charge in [-0.15, -0.1) is 0 Å². The number of nitrogens with zero attached hydrogens (tertiary/aromatic N) is 2. The van der Waals surface area contributed by atoms with Crippen LogP contribution in [0.3, 0.4) is 0 Å². The Morgan fingerprint density at radius 2 is 2.00 bits per heavy atom. The summed E-state index contributed by atoms with van der Waals surface area (Å²) in [5.41, 5.74) is 2.42. The first-order chi connectivity index (χ1) is 12.7. The monoisotopic (exact) mass is 371 g/mol. The molecule has 0 aliphatic rings. The van der Waals surface area contributed by atoms with E-state index in [2.05, 4.69) is 10.3 Å². The summed E-state index contributed by atoms with van der Waals surface area (Å²) in [6.45, 7) is 0.177. The van der Waals surface area contributed by atoms with Gasteiger partial charge in [-0.05, 0) is 30.5 Å². The van der Waals surface area contributed by atoms with Crippen molar-refractivity contribution in [3.8, 4) is 11.5 Å². The first kappa shape index (κ1) is 18.1. The Morgan fingerprint density at radius 1 is 1.19 bits per heavy atom. The van der Waals surface area contributed by atoms with Gasteiger partial charge in [-0.1, -0.05) is 12.1 Å². The second kappa shape index (κ2) is 8.14. The zero-order valence-electron chi connectivity index (χ0n) is 15.0. The number of hydrogen-bond donors (Lipinski definition) is 1. The van der Waals surface area contributed by atoms with Crippen LogP contribution in [0.25, 0.3) is 11.0 Å². The highest BCUT2D eigenvalue weighted by atomic mass is 32.2. The number of nitrogens with one attached hydrogen (secondary N) is 1. The summed E-state index contributed by atoms with van der Waals surface area (Å²) in [7, 11) is 3.15. The molecule has 0 spiro atoms. The summed E-state index contributed by atoms with van der Waals surface area (Å²) >= 11 is 1.67. The number of thioether (sulfide) groups is 1. The van der Waals surface area contributed by atoms with Gasteiger partial charge in [0.1, 0.15) is 23.9 Å². The number of imidazole rings is 1. The molecule has 0 bridgehead atoms. The van der Waals surface area contributed by atoms with Gasteiger partial charge in [0, 0.05) is 6.07 Å². The minimum Gasteiger partial charge on any atom is -0.497 e. The van der Waals surface area contributed by atoms with Gasteiger partial charge in [-0.25, -0.2) is 4.98 Å². The lowest BCUT2D eigenvalue weighted by Crippen LogP contribution is -2.20. The normalized spacial score (nSPS) is 10.7. The summed E-state index contributed by atoms with van der Waals surface area (Å²) in [5, 5.41) is 2.91.